The smallest absolute Gasteiger partial charge is 0.321 e. The fourth-order valence-electron chi connectivity index (χ4n) is 1.98. The first-order valence-electron chi connectivity index (χ1n) is 6.62. The molecule has 0 saturated carbocycles. The molecule has 110 valence electrons. The van der Waals surface area contributed by atoms with Crippen LogP contribution >= 0.6 is 11.6 Å². The van der Waals surface area contributed by atoms with Gasteiger partial charge in [0.25, 0.3) is 0 Å². The molecule has 0 bridgehead atoms. The number of halogens is 1. The summed E-state index contributed by atoms with van der Waals surface area (Å²) in [5.74, 6) is 0.222. The van der Waals surface area contributed by atoms with Crippen molar-refractivity contribution in [2.45, 2.75) is 19.8 Å². The van der Waals surface area contributed by atoms with E-state index in [-0.39, 0.29) is 16.7 Å². The molecule has 2 aromatic rings. The van der Waals surface area contributed by atoms with E-state index in [9.17, 15) is 10.1 Å². The van der Waals surface area contributed by atoms with Crippen LogP contribution < -0.4 is 4.90 Å². The maximum absolute atomic E-state index is 11.3. The van der Waals surface area contributed by atoms with Gasteiger partial charge in [-0.25, -0.2) is 9.97 Å². The van der Waals surface area contributed by atoms with E-state index in [1.165, 1.54) is 6.33 Å². The fraction of sp³-hybridized carbons (Fsp3) is 0.286. The maximum atomic E-state index is 11.3. The minimum Gasteiger partial charge on any atom is -0.321 e. The highest BCUT2D eigenvalue weighted by molar-refractivity contribution is 6.31. The molecule has 0 aliphatic rings. The van der Waals surface area contributed by atoms with Crippen LogP contribution in [0.2, 0.25) is 5.15 Å². The Morgan fingerprint density at radius 2 is 2.00 bits per heavy atom. The van der Waals surface area contributed by atoms with Gasteiger partial charge in [0.15, 0.2) is 0 Å². The van der Waals surface area contributed by atoms with Gasteiger partial charge in [0.2, 0.25) is 11.0 Å². The number of nitro groups is 1. The van der Waals surface area contributed by atoms with Gasteiger partial charge in [-0.3, -0.25) is 10.1 Å². The molecule has 0 amide bonds. The van der Waals surface area contributed by atoms with Crippen LogP contribution in [0.15, 0.2) is 36.7 Å². The number of hydrogen-bond donors (Lipinski definition) is 0. The van der Waals surface area contributed by atoms with E-state index in [0.717, 1.165) is 18.5 Å². The second-order valence-electron chi connectivity index (χ2n) is 4.43. The first-order valence-corrected chi connectivity index (χ1v) is 7.00. The van der Waals surface area contributed by atoms with E-state index in [2.05, 4.69) is 16.9 Å². The fourth-order valence-corrected chi connectivity index (χ4v) is 2.18. The van der Waals surface area contributed by atoms with E-state index < -0.39 is 4.92 Å². The lowest BCUT2D eigenvalue weighted by atomic mass is 10.2. The second-order valence-corrected chi connectivity index (χ2v) is 4.79. The molecule has 0 aliphatic carbocycles. The highest BCUT2D eigenvalue weighted by Gasteiger charge is 2.26. The van der Waals surface area contributed by atoms with Crippen molar-refractivity contribution < 1.29 is 4.92 Å². The molecule has 1 aromatic carbocycles. The molecule has 0 aliphatic heterocycles. The largest absolute Gasteiger partial charge is 0.348 e. The van der Waals surface area contributed by atoms with E-state index in [1.807, 2.05) is 30.3 Å². The van der Waals surface area contributed by atoms with Gasteiger partial charge >= 0.3 is 5.69 Å². The Bertz CT molecular complexity index is 622. The Kier molecular flexibility index (Phi) is 5.05. The van der Waals surface area contributed by atoms with Gasteiger partial charge in [0.1, 0.15) is 6.33 Å². The summed E-state index contributed by atoms with van der Waals surface area (Å²) in [6.45, 7) is 2.68. The summed E-state index contributed by atoms with van der Waals surface area (Å²) in [6, 6.07) is 9.42. The van der Waals surface area contributed by atoms with Gasteiger partial charge < -0.3 is 4.90 Å². The summed E-state index contributed by atoms with van der Waals surface area (Å²) in [5, 5.41) is 11.1. The van der Waals surface area contributed by atoms with Crippen LogP contribution in [0.5, 0.6) is 0 Å². The Morgan fingerprint density at radius 3 is 2.62 bits per heavy atom. The monoisotopic (exact) mass is 306 g/mol. The summed E-state index contributed by atoms with van der Waals surface area (Å²) in [6.07, 6.45) is 3.09. The van der Waals surface area contributed by atoms with Crippen molar-refractivity contribution in [2.75, 3.05) is 11.4 Å². The summed E-state index contributed by atoms with van der Waals surface area (Å²) in [5.41, 5.74) is 0.572. The van der Waals surface area contributed by atoms with E-state index >= 15 is 0 Å². The number of rotatable bonds is 6. The lowest BCUT2D eigenvalue weighted by Gasteiger charge is -2.23. The molecule has 1 aromatic heterocycles. The number of benzene rings is 1. The first-order chi connectivity index (χ1) is 10.1. The molecule has 1 heterocycles. The average molecular weight is 307 g/mol. The molecule has 21 heavy (non-hydrogen) atoms. The highest BCUT2D eigenvalue weighted by atomic mass is 35.5. The minimum absolute atomic E-state index is 0.151. The molecule has 0 unspecified atom stereocenters. The van der Waals surface area contributed by atoms with E-state index in [0.29, 0.717) is 6.54 Å². The van der Waals surface area contributed by atoms with Crippen LogP contribution in [-0.4, -0.2) is 21.4 Å². The van der Waals surface area contributed by atoms with Gasteiger partial charge in [-0.05, 0) is 18.6 Å². The van der Waals surface area contributed by atoms with Crippen molar-refractivity contribution in [3.05, 3.63) is 51.9 Å². The topological polar surface area (TPSA) is 72.2 Å². The Morgan fingerprint density at radius 1 is 1.29 bits per heavy atom. The number of nitrogens with zero attached hydrogens (tertiary/aromatic N) is 4. The van der Waals surface area contributed by atoms with Gasteiger partial charge in [-0.15, -0.1) is 0 Å². The van der Waals surface area contributed by atoms with E-state index in [1.54, 1.807) is 4.90 Å². The first kappa shape index (κ1) is 15.2. The molecule has 0 radical (unpaired) electrons. The van der Waals surface area contributed by atoms with Gasteiger partial charge in [0, 0.05) is 12.2 Å². The zero-order chi connectivity index (χ0) is 15.2. The normalized spacial score (nSPS) is 10.4. The standard InChI is InChI=1S/C14H15ClN4O2/c1-2-3-9-18(11-7-5-4-6-8-11)14-12(19(20)21)13(15)16-10-17-14/h4-8,10H,2-3,9H2,1H3. The number of hydrogen-bond acceptors (Lipinski definition) is 5. The van der Waals surface area contributed by atoms with Crippen LogP contribution in [0.3, 0.4) is 0 Å². The van der Waals surface area contributed by atoms with Crippen LogP contribution in [0, 0.1) is 10.1 Å². The van der Waals surface area contributed by atoms with Gasteiger partial charge in [-0.1, -0.05) is 43.1 Å². The maximum Gasteiger partial charge on any atom is 0.348 e. The molecule has 0 saturated heterocycles. The quantitative estimate of drug-likeness (QED) is 0.458. The molecular weight excluding hydrogens is 292 g/mol. The molecule has 0 spiro atoms. The average Bonchev–Trinajstić information content (AvgIpc) is 2.48. The number of unbranched alkanes of at least 4 members (excludes halogenated alkanes) is 1. The lowest BCUT2D eigenvalue weighted by Crippen LogP contribution is -2.21. The molecule has 0 N–H and O–H groups in total. The predicted molar refractivity (Wildman–Crippen MR) is 82.1 cm³/mol. The minimum atomic E-state index is -0.542. The summed E-state index contributed by atoms with van der Waals surface area (Å²) in [4.78, 5) is 20.3. The summed E-state index contributed by atoms with van der Waals surface area (Å²) >= 11 is 5.87. The van der Waals surface area contributed by atoms with Crippen molar-refractivity contribution in [2.24, 2.45) is 0 Å². The Balaban J connectivity index is 2.52. The Labute approximate surface area is 127 Å². The van der Waals surface area contributed by atoms with Crippen LogP contribution in [0.4, 0.5) is 17.2 Å². The van der Waals surface area contributed by atoms with Crippen LogP contribution in [-0.2, 0) is 0 Å². The number of anilines is 2. The van der Waals surface area contributed by atoms with Crippen molar-refractivity contribution in [1.29, 1.82) is 0 Å². The summed E-state index contributed by atoms with van der Waals surface area (Å²) < 4.78 is 0. The SMILES string of the molecule is CCCCN(c1ccccc1)c1ncnc(Cl)c1[N+](=O)[O-]. The predicted octanol–water partition coefficient (Wildman–Crippen LogP) is 3.98. The molecular formula is C14H15ClN4O2. The van der Waals surface area contributed by atoms with Gasteiger partial charge in [-0.2, -0.15) is 0 Å². The molecule has 0 fully saturated rings. The highest BCUT2D eigenvalue weighted by Crippen LogP contribution is 2.35. The Hall–Kier alpha value is -2.21. The number of aromatic nitrogens is 2. The molecule has 6 nitrogen and oxygen atoms in total. The van der Waals surface area contributed by atoms with Gasteiger partial charge in [0.05, 0.1) is 4.92 Å². The van der Waals surface area contributed by atoms with Crippen molar-refractivity contribution >= 4 is 28.8 Å². The zero-order valence-electron chi connectivity index (χ0n) is 11.6. The third-order valence-electron chi connectivity index (χ3n) is 3.00. The molecule has 7 heteroatoms. The second kappa shape index (κ2) is 6.99. The number of para-hydroxylation sites is 1. The van der Waals surface area contributed by atoms with Crippen molar-refractivity contribution in [3.63, 3.8) is 0 Å². The third kappa shape index (κ3) is 3.46. The third-order valence-corrected chi connectivity index (χ3v) is 3.28. The summed E-state index contributed by atoms with van der Waals surface area (Å²) in [7, 11) is 0. The molecule has 0 atom stereocenters. The van der Waals surface area contributed by atoms with Crippen molar-refractivity contribution in [3.8, 4) is 0 Å². The van der Waals surface area contributed by atoms with Crippen LogP contribution in [0.25, 0.3) is 0 Å². The van der Waals surface area contributed by atoms with Crippen molar-refractivity contribution in [1.82, 2.24) is 9.97 Å². The molecule has 2 rings (SSSR count). The zero-order valence-corrected chi connectivity index (χ0v) is 12.3. The van der Waals surface area contributed by atoms with Crippen LogP contribution in [0.1, 0.15) is 19.8 Å². The lowest BCUT2D eigenvalue weighted by molar-refractivity contribution is -0.384. The van der Waals surface area contributed by atoms with E-state index in [4.69, 9.17) is 11.6 Å².